The second kappa shape index (κ2) is 14.5. The van der Waals surface area contributed by atoms with Gasteiger partial charge in [-0.15, -0.1) is 0 Å². The van der Waals surface area contributed by atoms with Gasteiger partial charge >= 0.3 is 11.9 Å². The molecule has 0 amide bonds. The molecule has 172 valence electrons. The minimum Gasteiger partial charge on any atom is -0.490 e. The summed E-state index contributed by atoms with van der Waals surface area (Å²) in [5, 5.41) is 8.65. The maximum Gasteiger partial charge on any atom is 0.338 e. The summed E-state index contributed by atoms with van der Waals surface area (Å²) in [4.78, 5) is 43.7. The van der Waals surface area contributed by atoms with E-state index in [4.69, 9.17) is 29.1 Å². The molecular formula is C22H24O10. The van der Waals surface area contributed by atoms with Crippen LogP contribution in [0.1, 0.15) is 26.3 Å². The van der Waals surface area contributed by atoms with Crippen LogP contribution in [0, 0.1) is 0 Å². The Labute approximate surface area is 184 Å². The summed E-state index contributed by atoms with van der Waals surface area (Å²) in [7, 11) is 0. The number of rotatable bonds is 15. The number of ether oxygens (including phenoxy) is 4. The molecule has 0 bridgehead atoms. The molecule has 0 aliphatic carbocycles. The number of hydrogen-bond acceptors (Lipinski definition) is 10. The second-order valence-electron chi connectivity index (χ2n) is 6.12. The average Bonchev–Trinajstić information content (AvgIpc) is 2.83. The zero-order valence-electron chi connectivity index (χ0n) is 17.3. The van der Waals surface area contributed by atoms with Crippen LogP contribution in [-0.2, 0) is 35.4 Å². The van der Waals surface area contributed by atoms with E-state index in [1.165, 1.54) is 0 Å². The summed E-state index contributed by atoms with van der Waals surface area (Å²) < 4.78 is 19.8. The lowest BCUT2D eigenvalue weighted by molar-refractivity contribution is -0.306. The van der Waals surface area contributed by atoms with E-state index in [1.807, 2.05) is 0 Å². The molecule has 0 radical (unpaired) electrons. The van der Waals surface area contributed by atoms with E-state index in [0.29, 0.717) is 23.3 Å². The molecule has 32 heavy (non-hydrogen) atoms. The first kappa shape index (κ1) is 24.8. The Hall–Kier alpha value is -3.47. The molecular weight excluding hydrogens is 424 g/mol. The van der Waals surface area contributed by atoms with Gasteiger partial charge in [-0.05, 0) is 42.0 Å². The van der Waals surface area contributed by atoms with Gasteiger partial charge in [0, 0.05) is 0 Å². The molecule has 2 aromatic carbocycles. The lowest BCUT2D eigenvalue weighted by Gasteiger charge is -2.08. The third kappa shape index (κ3) is 9.13. The zero-order chi connectivity index (χ0) is 23.0. The highest BCUT2D eigenvalue weighted by molar-refractivity contribution is 5.89. The first-order chi connectivity index (χ1) is 15.6. The quantitative estimate of drug-likeness (QED) is 0.107. The fraction of sp³-hybridized carbons (Fsp3) is 0.318. The Morgan fingerprint density at radius 1 is 0.750 bits per heavy atom. The van der Waals surface area contributed by atoms with Crippen LogP contribution in [0.4, 0.5) is 0 Å². The summed E-state index contributed by atoms with van der Waals surface area (Å²) in [6.07, 6.45) is 0. The third-order valence-corrected chi connectivity index (χ3v) is 3.85. The molecule has 0 unspecified atom stereocenters. The standard InChI is InChI=1S/C22H24O10/c23-9-10-29-21(25)18-3-1-17(2-4-18)15-32-31-14-13-30-22(26)19-5-7-20(8-6-19)28-12-11-27-16-24/h1-8,16,23H,9-15H2. The first-order valence-corrected chi connectivity index (χ1v) is 9.70. The number of hydrogen-bond donors (Lipinski definition) is 1. The number of carbonyl (C=O) groups excluding carboxylic acids is 3. The largest absolute Gasteiger partial charge is 0.490 e. The minimum atomic E-state index is -0.520. The van der Waals surface area contributed by atoms with E-state index < -0.39 is 11.9 Å². The van der Waals surface area contributed by atoms with Crippen molar-refractivity contribution in [2.75, 3.05) is 39.6 Å². The van der Waals surface area contributed by atoms with Gasteiger partial charge < -0.3 is 24.1 Å². The molecule has 0 fully saturated rings. The van der Waals surface area contributed by atoms with Gasteiger partial charge in [0.05, 0.1) is 17.7 Å². The van der Waals surface area contributed by atoms with Crippen molar-refractivity contribution in [2.24, 2.45) is 0 Å². The van der Waals surface area contributed by atoms with Gasteiger partial charge in [0.25, 0.3) is 6.47 Å². The van der Waals surface area contributed by atoms with Crippen molar-refractivity contribution >= 4 is 18.4 Å². The lowest BCUT2D eigenvalue weighted by Crippen LogP contribution is -2.11. The van der Waals surface area contributed by atoms with Crippen LogP contribution in [0.2, 0.25) is 0 Å². The fourth-order valence-corrected chi connectivity index (χ4v) is 2.32. The predicted molar refractivity (Wildman–Crippen MR) is 109 cm³/mol. The zero-order valence-corrected chi connectivity index (χ0v) is 17.3. The van der Waals surface area contributed by atoms with Gasteiger partial charge in [-0.3, -0.25) is 4.79 Å². The van der Waals surface area contributed by atoms with Crippen LogP contribution in [0.25, 0.3) is 0 Å². The van der Waals surface area contributed by atoms with Gasteiger partial charge in [0.2, 0.25) is 0 Å². The molecule has 1 N–H and O–H groups in total. The van der Waals surface area contributed by atoms with Crippen LogP contribution >= 0.6 is 0 Å². The molecule has 0 saturated carbocycles. The van der Waals surface area contributed by atoms with Gasteiger partial charge in [-0.25, -0.2) is 19.4 Å². The monoisotopic (exact) mass is 448 g/mol. The van der Waals surface area contributed by atoms with Crippen molar-refractivity contribution in [3.63, 3.8) is 0 Å². The van der Waals surface area contributed by atoms with E-state index >= 15 is 0 Å². The number of esters is 2. The molecule has 0 saturated heterocycles. The molecule has 2 aromatic rings. The molecule has 0 atom stereocenters. The van der Waals surface area contributed by atoms with Crippen LogP contribution in [-0.4, -0.2) is 63.2 Å². The van der Waals surface area contributed by atoms with Crippen molar-refractivity contribution in [3.05, 3.63) is 65.2 Å². The molecule has 0 aliphatic heterocycles. The Balaban J connectivity index is 1.60. The molecule has 0 aromatic heterocycles. The lowest BCUT2D eigenvalue weighted by atomic mass is 10.1. The third-order valence-electron chi connectivity index (χ3n) is 3.85. The molecule has 10 heteroatoms. The highest BCUT2D eigenvalue weighted by Gasteiger charge is 2.08. The first-order valence-electron chi connectivity index (χ1n) is 9.70. The Kier molecular flexibility index (Phi) is 11.3. The van der Waals surface area contributed by atoms with Gasteiger partial charge in [0.15, 0.2) is 0 Å². The second-order valence-corrected chi connectivity index (χ2v) is 6.12. The predicted octanol–water partition coefficient (Wildman–Crippen LogP) is 1.69. The minimum absolute atomic E-state index is 0.00421. The Bertz CT molecular complexity index is 833. The molecule has 0 aliphatic rings. The van der Waals surface area contributed by atoms with Crippen molar-refractivity contribution in [1.29, 1.82) is 0 Å². The number of aliphatic hydroxyl groups excluding tert-OH is 1. The van der Waals surface area contributed by atoms with E-state index in [9.17, 15) is 14.4 Å². The summed E-state index contributed by atoms with van der Waals surface area (Å²) in [5.74, 6) is -0.507. The molecule has 0 spiro atoms. The fourth-order valence-electron chi connectivity index (χ4n) is 2.32. The van der Waals surface area contributed by atoms with E-state index in [2.05, 4.69) is 4.74 Å². The van der Waals surface area contributed by atoms with Gasteiger partial charge in [-0.1, -0.05) is 12.1 Å². The Morgan fingerprint density at radius 3 is 2.00 bits per heavy atom. The molecule has 10 nitrogen and oxygen atoms in total. The van der Waals surface area contributed by atoms with Gasteiger partial charge in [-0.2, -0.15) is 0 Å². The maximum absolute atomic E-state index is 12.0. The van der Waals surface area contributed by atoms with Gasteiger partial charge in [0.1, 0.15) is 45.4 Å². The highest BCUT2D eigenvalue weighted by atomic mass is 17.2. The van der Waals surface area contributed by atoms with Crippen molar-refractivity contribution in [2.45, 2.75) is 6.61 Å². The summed E-state index contributed by atoms with van der Waals surface area (Å²) >= 11 is 0. The van der Waals surface area contributed by atoms with Crippen LogP contribution in [0.15, 0.2) is 48.5 Å². The molecule has 0 heterocycles. The summed E-state index contributed by atoms with van der Waals surface area (Å²) in [6, 6.07) is 12.8. The van der Waals surface area contributed by atoms with Crippen LogP contribution < -0.4 is 4.74 Å². The highest BCUT2D eigenvalue weighted by Crippen LogP contribution is 2.13. The Morgan fingerprint density at radius 2 is 1.38 bits per heavy atom. The van der Waals surface area contributed by atoms with Crippen molar-refractivity contribution in [1.82, 2.24) is 0 Å². The van der Waals surface area contributed by atoms with Crippen LogP contribution in [0.5, 0.6) is 5.75 Å². The van der Waals surface area contributed by atoms with E-state index in [0.717, 1.165) is 5.56 Å². The van der Waals surface area contributed by atoms with Crippen LogP contribution in [0.3, 0.4) is 0 Å². The maximum atomic E-state index is 12.0. The van der Waals surface area contributed by atoms with E-state index in [1.54, 1.807) is 48.5 Å². The number of aliphatic hydroxyl groups is 1. The number of carbonyl (C=O) groups is 3. The summed E-state index contributed by atoms with van der Waals surface area (Å²) in [5.41, 5.74) is 1.47. The van der Waals surface area contributed by atoms with E-state index in [-0.39, 0.29) is 46.2 Å². The number of benzene rings is 2. The summed E-state index contributed by atoms with van der Waals surface area (Å²) in [6.45, 7) is 0.579. The van der Waals surface area contributed by atoms with Crippen molar-refractivity contribution < 1.29 is 48.2 Å². The topological polar surface area (TPSA) is 127 Å². The molecule has 2 rings (SSSR count). The SMILES string of the molecule is O=COCCOc1ccc(C(=O)OCCOOCc2ccc(C(=O)OCCO)cc2)cc1. The van der Waals surface area contributed by atoms with Crippen molar-refractivity contribution in [3.8, 4) is 5.75 Å². The smallest absolute Gasteiger partial charge is 0.338 e. The normalized spacial score (nSPS) is 10.3. The average molecular weight is 448 g/mol.